The van der Waals surface area contributed by atoms with Crippen LogP contribution in [0.15, 0.2) is 41.3 Å². The molecule has 3 heterocycles. The van der Waals surface area contributed by atoms with E-state index in [1.807, 2.05) is 24.7 Å². The molecule has 3 aromatic heterocycles. The van der Waals surface area contributed by atoms with E-state index in [4.69, 9.17) is 4.52 Å². The summed E-state index contributed by atoms with van der Waals surface area (Å²) in [6, 6.07) is 3.55. The molecule has 27 heavy (non-hydrogen) atoms. The number of hydrogen-bond donors (Lipinski definition) is 0. The van der Waals surface area contributed by atoms with Crippen LogP contribution in [0, 0.1) is 18.6 Å². The second kappa shape index (κ2) is 7.28. The lowest BCUT2D eigenvalue weighted by Gasteiger charge is -2.02. The van der Waals surface area contributed by atoms with E-state index in [0.717, 1.165) is 18.0 Å². The van der Waals surface area contributed by atoms with Gasteiger partial charge in [-0.15, -0.1) is 12.4 Å². The maximum Gasteiger partial charge on any atom is 0.263 e. The zero-order valence-corrected chi connectivity index (χ0v) is 15.2. The van der Waals surface area contributed by atoms with Crippen molar-refractivity contribution in [3.63, 3.8) is 0 Å². The van der Waals surface area contributed by atoms with E-state index >= 15 is 0 Å². The van der Waals surface area contributed by atoms with Crippen molar-refractivity contribution < 1.29 is 13.3 Å². The Bertz CT molecular complexity index is 1050. The van der Waals surface area contributed by atoms with Gasteiger partial charge in [0, 0.05) is 25.6 Å². The average molecular weight is 393 g/mol. The van der Waals surface area contributed by atoms with Crippen molar-refractivity contribution in [3.05, 3.63) is 60.1 Å². The van der Waals surface area contributed by atoms with Gasteiger partial charge < -0.3 is 13.7 Å². The summed E-state index contributed by atoms with van der Waals surface area (Å²) < 4.78 is 36.4. The third-order valence-corrected chi connectivity index (χ3v) is 4.01. The minimum Gasteiger partial charge on any atom is -0.337 e. The van der Waals surface area contributed by atoms with E-state index in [-0.39, 0.29) is 36.2 Å². The van der Waals surface area contributed by atoms with Gasteiger partial charge in [0.05, 0.1) is 6.54 Å². The Morgan fingerprint density at radius 3 is 2.56 bits per heavy atom. The Balaban J connectivity index is 0.00000210. The fraction of sp³-hybridized carbons (Fsp3) is 0.176. The van der Waals surface area contributed by atoms with Crippen LogP contribution in [-0.2, 0) is 13.6 Å². The zero-order chi connectivity index (χ0) is 18.3. The van der Waals surface area contributed by atoms with Crippen LogP contribution in [0.25, 0.3) is 23.0 Å². The first-order valence-electron chi connectivity index (χ1n) is 7.81. The number of rotatable bonds is 4. The summed E-state index contributed by atoms with van der Waals surface area (Å²) in [6.45, 7) is 2.12. The Hall–Kier alpha value is -3.07. The second-order valence-corrected chi connectivity index (χ2v) is 5.78. The predicted molar refractivity (Wildman–Crippen MR) is 95.2 cm³/mol. The standard InChI is InChI=1S/C17H14F2N6O.ClH/c1-10-21-13(8-24(10)2)16-20-6-7-25(16)9-14-22-17(26-23-14)15-11(18)4-3-5-12(15)19;/h3-8H,9H2,1-2H3;1H. The minimum atomic E-state index is -0.757. The van der Waals surface area contributed by atoms with Crippen molar-refractivity contribution in [3.8, 4) is 23.0 Å². The first kappa shape index (κ1) is 18.7. The molecule has 0 bridgehead atoms. The molecule has 0 aliphatic heterocycles. The summed E-state index contributed by atoms with van der Waals surface area (Å²) in [4.78, 5) is 12.9. The summed E-state index contributed by atoms with van der Waals surface area (Å²) in [7, 11) is 1.90. The lowest BCUT2D eigenvalue weighted by atomic mass is 10.2. The SMILES string of the molecule is Cc1nc(-c2nccn2Cc2noc(-c3c(F)cccc3F)n2)cn1C.Cl. The van der Waals surface area contributed by atoms with Gasteiger partial charge >= 0.3 is 0 Å². The molecule has 140 valence electrons. The number of aryl methyl sites for hydroxylation is 2. The van der Waals surface area contributed by atoms with E-state index in [1.54, 1.807) is 17.0 Å². The molecule has 4 aromatic rings. The quantitative estimate of drug-likeness (QED) is 0.532. The number of halogens is 3. The molecule has 0 radical (unpaired) electrons. The molecule has 0 aliphatic carbocycles. The van der Waals surface area contributed by atoms with Gasteiger partial charge in [0.1, 0.15) is 28.7 Å². The van der Waals surface area contributed by atoms with Gasteiger partial charge in [-0.3, -0.25) is 0 Å². The number of nitrogens with zero attached hydrogens (tertiary/aromatic N) is 6. The molecule has 7 nitrogen and oxygen atoms in total. The number of aromatic nitrogens is 6. The molecule has 0 atom stereocenters. The molecule has 0 spiro atoms. The van der Waals surface area contributed by atoms with Gasteiger partial charge in [0.2, 0.25) is 0 Å². The van der Waals surface area contributed by atoms with Gasteiger partial charge in [-0.2, -0.15) is 4.98 Å². The Morgan fingerprint density at radius 1 is 1.15 bits per heavy atom. The third kappa shape index (κ3) is 3.45. The molecule has 0 amide bonds. The van der Waals surface area contributed by atoms with Crippen LogP contribution in [0.1, 0.15) is 11.6 Å². The molecule has 1 aromatic carbocycles. The molecule has 0 unspecified atom stereocenters. The fourth-order valence-electron chi connectivity index (χ4n) is 2.61. The summed E-state index contributed by atoms with van der Waals surface area (Å²) in [5, 5.41) is 3.81. The highest BCUT2D eigenvalue weighted by atomic mass is 35.5. The van der Waals surface area contributed by atoms with Gasteiger partial charge in [0.25, 0.3) is 5.89 Å². The normalized spacial score (nSPS) is 10.8. The Labute approximate surface area is 159 Å². The minimum absolute atomic E-state index is 0. The van der Waals surface area contributed by atoms with Crippen molar-refractivity contribution in [2.45, 2.75) is 13.5 Å². The summed E-state index contributed by atoms with van der Waals surface area (Å²) in [5.74, 6) is 0.0454. The van der Waals surface area contributed by atoms with Crippen molar-refractivity contribution in [2.75, 3.05) is 0 Å². The highest BCUT2D eigenvalue weighted by molar-refractivity contribution is 5.85. The van der Waals surface area contributed by atoms with E-state index in [9.17, 15) is 8.78 Å². The van der Waals surface area contributed by atoms with Gasteiger partial charge in [-0.1, -0.05) is 11.2 Å². The molecular weight excluding hydrogens is 378 g/mol. The van der Waals surface area contributed by atoms with Crippen LogP contribution >= 0.6 is 12.4 Å². The van der Waals surface area contributed by atoms with Crippen LogP contribution in [0.3, 0.4) is 0 Å². The highest BCUT2D eigenvalue weighted by Crippen LogP contribution is 2.24. The first-order valence-corrected chi connectivity index (χ1v) is 7.81. The first-order chi connectivity index (χ1) is 12.5. The van der Waals surface area contributed by atoms with Crippen LogP contribution in [0.5, 0.6) is 0 Å². The molecule has 0 saturated heterocycles. The van der Waals surface area contributed by atoms with Crippen LogP contribution < -0.4 is 0 Å². The number of hydrogen-bond acceptors (Lipinski definition) is 5. The van der Waals surface area contributed by atoms with Crippen LogP contribution in [0.2, 0.25) is 0 Å². The van der Waals surface area contributed by atoms with Gasteiger partial charge in [0.15, 0.2) is 11.6 Å². The van der Waals surface area contributed by atoms with E-state index in [2.05, 4.69) is 20.1 Å². The highest BCUT2D eigenvalue weighted by Gasteiger charge is 2.19. The molecule has 0 aliphatic rings. The summed E-state index contributed by atoms with van der Waals surface area (Å²) >= 11 is 0. The lowest BCUT2D eigenvalue weighted by molar-refractivity contribution is 0.415. The van der Waals surface area contributed by atoms with Crippen molar-refractivity contribution in [2.24, 2.45) is 7.05 Å². The Morgan fingerprint density at radius 2 is 1.89 bits per heavy atom. The van der Waals surface area contributed by atoms with E-state index in [0.29, 0.717) is 11.5 Å². The predicted octanol–water partition coefficient (Wildman–Crippen LogP) is 3.39. The van der Waals surface area contributed by atoms with Crippen molar-refractivity contribution in [1.82, 2.24) is 29.2 Å². The molecule has 0 fully saturated rings. The topological polar surface area (TPSA) is 74.6 Å². The van der Waals surface area contributed by atoms with E-state index in [1.165, 1.54) is 6.07 Å². The molecular formula is C17H15ClF2N6O. The van der Waals surface area contributed by atoms with Crippen LogP contribution in [0.4, 0.5) is 8.78 Å². The fourth-order valence-corrected chi connectivity index (χ4v) is 2.61. The molecule has 0 N–H and O–H groups in total. The van der Waals surface area contributed by atoms with Gasteiger partial charge in [-0.05, 0) is 19.1 Å². The lowest BCUT2D eigenvalue weighted by Crippen LogP contribution is -2.03. The average Bonchev–Trinajstić information content (AvgIpc) is 3.30. The summed E-state index contributed by atoms with van der Waals surface area (Å²) in [6.07, 6.45) is 5.25. The molecule has 4 rings (SSSR count). The third-order valence-electron chi connectivity index (χ3n) is 4.01. The molecule has 0 saturated carbocycles. The maximum absolute atomic E-state index is 13.9. The largest absolute Gasteiger partial charge is 0.337 e. The zero-order valence-electron chi connectivity index (χ0n) is 14.4. The second-order valence-electron chi connectivity index (χ2n) is 5.78. The van der Waals surface area contributed by atoms with E-state index < -0.39 is 11.6 Å². The van der Waals surface area contributed by atoms with Crippen LogP contribution in [-0.4, -0.2) is 29.2 Å². The smallest absolute Gasteiger partial charge is 0.263 e. The number of benzene rings is 1. The van der Waals surface area contributed by atoms with Gasteiger partial charge in [-0.25, -0.2) is 18.7 Å². The van der Waals surface area contributed by atoms with Crippen molar-refractivity contribution in [1.29, 1.82) is 0 Å². The Kier molecular flexibility index (Phi) is 5.04. The summed E-state index contributed by atoms with van der Waals surface area (Å²) in [5.41, 5.74) is 0.372. The molecule has 10 heteroatoms. The monoisotopic (exact) mass is 392 g/mol. The number of imidazole rings is 2. The van der Waals surface area contributed by atoms with Crippen molar-refractivity contribution >= 4 is 12.4 Å². The maximum atomic E-state index is 13.9.